The highest BCUT2D eigenvalue weighted by molar-refractivity contribution is 8.01. The Morgan fingerprint density at radius 2 is 1.86 bits per heavy atom. The van der Waals surface area contributed by atoms with Gasteiger partial charge in [-0.05, 0) is 23.5 Å². The molecule has 1 heterocycles. The topological polar surface area (TPSA) is 36.9 Å². The quantitative estimate of drug-likeness (QED) is 0.925. The van der Waals surface area contributed by atoms with Crippen LogP contribution in [-0.2, 0) is 10.2 Å². The van der Waals surface area contributed by atoms with Crippen LogP contribution in [0, 0.1) is 0 Å². The smallest absolute Gasteiger partial charge is 0.236 e. The maximum Gasteiger partial charge on any atom is 0.236 e. The van der Waals surface area contributed by atoms with Gasteiger partial charge < -0.3 is 10.2 Å². The van der Waals surface area contributed by atoms with E-state index in [2.05, 4.69) is 50.4 Å². The highest BCUT2D eigenvalue weighted by Crippen LogP contribution is 2.42. The van der Waals surface area contributed by atoms with Crippen LogP contribution in [-0.4, -0.2) is 36.2 Å². The Morgan fingerprint density at radius 1 is 1.24 bits per heavy atom. The third-order valence-electron chi connectivity index (χ3n) is 3.97. The van der Waals surface area contributed by atoms with Crippen LogP contribution in [0.2, 0.25) is 0 Å². The standard InChI is InChI=1S/C17H26N2OS/c1-12-15(20)19(11-10-18-5)16(21-12)13-6-8-14(9-7-13)17(2,3)4/h6-9,12,16,18H,10-11H2,1-5H3/p+1/t12-,16+/m1/s1. The average molecular weight is 307 g/mol. The Kier molecular flexibility index (Phi) is 4.99. The van der Waals surface area contributed by atoms with Crippen LogP contribution >= 0.6 is 11.8 Å². The summed E-state index contributed by atoms with van der Waals surface area (Å²) in [6, 6.07) is 8.78. The SMILES string of the molecule is C[NH2+]CCN1C(=O)[C@@H](C)S[C@H]1c1ccc(C(C)(C)C)cc1. The van der Waals surface area contributed by atoms with E-state index in [0.717, 1.165) is 13.1 Å². The summed E-state index contributed by atoms with van der Waals surface area (Å²) in [5.74, 6) is 0.270. The zero-order valence-corrected chi connectivity index (χ0v) is 14.5. The first-order valence-corrected chi connectivity index (χ1v) is 8.63. The highest BCUT2D eigenvalue weighted by atomic mass is 32.2. The second-order valence-corrected chi connectivity index (χ2v) is 8.16. The Balaban J connectivity index is 2.21. The van der Waals surface area contributed by atoms with Crippen molar-refractivity contribution >= 4 is 17.7 Å². The number of thioether (sulfide) groups is 1. The minimum Gasteiger partial charge on any atom is -0.347 e. The molecular formula is C17H27N2OS+. The summed E-state index contributed by atoms with van der Waals surface area (Å²) in [6.07, 6.45) is 0. The fourth-order valence-corrected chi connectivity index (χ4v) is 3.89. The third-order valence-corrected chi connectivity index (χ3v) is 5.36. The zero-order valence-electron chi connectivity index (χ0n) is 13.7. The minimum atomic E-state index is 0.0640. The normalized spacial score (nSPS) is 22.9. The Bertz CT molecular complexity index is 493. The fraction of sp³-hybridized carbons (Fsp3) is 0.588. The fourth-order valence-electron chi connectivity index (χ4n) is 2.58. The predicted octanol–water partition coefficient (Wildman–Crippen LogP) is 2.14. The van der Waals surface area contributed by atoms with Crippen LogP contribution in [0.15, 0.2) is 24.3 Å². The van der Waals surface area contributed by atoms with Crippen molar-refractivity contribution in [3.63, 3.8) is 0 Å². The summed E-state index contributed by atoms with van der Waals surface area (Å²) in [6.45, 7) is 10.5. The zero-order chi connectivity index (χ0) is 15.6. The molecule has 1 aliphatic rings. The first-order valence-electron chi connectivity index (χ1n) is 7.69. The van der Waals surface area contributed by atoms with Crippen LogP contribution in [0.5, 0.6) is 0 Å². The number of nitrogens with zero attached hydrogens (tertiary/aromatic N) is 1. The minimum absolute atomic E-state index is 0.0640. The van der Waals surface area contributed by atoms with Gasteiger partial charge in [0, 0.05) is 0 Å². The molecule has 1 saturated heterocycles. The Labute approximate surface area is 132 Å². The second-order valence-electron chi connectivity index (χ2n) is 6.73. The number of amides is 1. The molecule has 2 rings (SSSR count). The van der Waals surface area contributed by atoms with E-state index in [1.807, 2.05) is 18.9 Å². The number of rotatable bonds is 4. The molecule has 4 heteroatoms. The van der Waals surface area contributed by atoms with Crippen molar-refractivity contribution in [2.75, 3.05) is 20.1 Å². The van der Waals surface area contributed by atoms with Crippen molar-refractivity contribution in [1.29, 1.82) is 0 Å². The van der Waals surface area contributed by atoms with Gasteiger partial charge in [-0.2, -0.15) is 0 Å². The summed E-state index contributed by atoms with van der Waals surface area (Å²) < 4.78 is 0. The van der Waals surface area contributed by atoms with Crippen LogP contribution < -0.4 is 5.32 Å². The van der Waals surface area contributed by atoms with E-state index < -0.39 is 0 Å². The molecule has 1 aliphatic heterocycles. The van der Waals surface area contributed by atoms with Crippen molar-refractivity contribution in [3.05, 3.63) is 35.4 Å². The molecule has 21 heavy (non-hydrogen) atoms. The van der Waals surface area contributed by atoms with Gasteiger partial charge in [0.15, 0.2) is 0 Å². The van der Waals surface area contributed by atoms with E-state index in [1.54, 1.807) is 11.8 Å². The monoisotopic (exact) mass is 307 g/mol. The molecule has 2 N–H and O–H groups in total. The van der Waals surface area contributed by atoms with Crippen molar-refractivity contribution in [3.8, 4) is 0 Å². The molecule has 2 atom stereocenters. The van der Waals surface area contributed by atoms with Gasteiger partial charge in [-0.25, -0.2) is 0 Å². The molecule has 116 valence electrons. The molecular weight excluding hydrogens is 280 g/mol. The molecule has 0 aromatic heterocycles. The predicted molar refractivity (Wildman–Crippen MR) is 89.4 cm³/mol. The molecule has 0 saturated carbocycles. The first kappa shape index (κ1) is 16.4. The molecule has 1 fully saturated rings. The molecule has 0 radical (unpaired) electrons. The lowest BCUT2D eigenvalue weighted by atomic mass is 9.86. The number of benzene rings is 1. The number of hydrogen-bond donors (Lipinski definition) is 1. The van der Waals surface area contributed by atoms with Crippen LogP contribution in [0.3, 0.4) is 0 Å². The number of quaternary nitrogens is 1. The summed E-state index contributed by atoms with van der Waals surface area (Å²) >= 11 is 1.76. The van der Waals surface area contributed by atoms with Crippen molar-refractivity contribution in [2.45, 2.75) is 43.7 Å². The second kappa shape index (κ2) is 6.41. The molecule has 0 unspecified atom stereocenters. The van der Waals surface area contributed by atoms with Crippen molar-refractivity contribution < 1.29 is 10.1 Å². The van der Waals surface area contributed by atoms with Gasteiger partial charge in [0.2, 0.25) is 5.91 Å². The van der Waals surface area contributed by atoms with E-state index in [-0.39, 0.29) is 21.9 Å². The molecule has 1 amide bonds. The summed E-state index contributed by atoms with van der Waals surface area (Å²) in [4.78, 5) is 14.3. The van der Waals surface area contributed by atoms with E-state index in [0.29, 0.717) is 0 Å². The molecule has 3 nitrogen and oxygen atoms in total. The molecule has 0 spiro atoms. The van der Waals surface area contributed by atoms with Gasteiger partial charge in [0.1, 0.15) is 5.37 Å². The molecule has 0 bridgehead atoms. The van der Waals surface area contributed by atoms with E-state index >= 15 is 0 Å². The lowest BCUT2D eigenvalue weighted by Gasteiger charge is -2.24. The third kappa shape index (κ3) is 3.61. The Morgan fingerprint density at radius 3 is 2.38 bits per heavy atom. The van der Waals surface area contributed by atoms with Crippen LogP contribution in [0.1, 0.15) is 44.2 Å². The van der Waals surface area contributed by atoms with Gasteiger partial charge in [0.25, 0.3) is 0 Å². The maximum atomic E-state index is 12.3. The van der Waals surface area contributed by atoms with E-state index in [1.165, 1.54) is 11.1 Å². The molecule has 1 aromatic carbocycles. The van der Waals surface area contributed by atoms with Gasteiger partial charge in [0.05, 0.1) is 25.4 Å². The summed E-state index contributed by atoms with van der Waals surface area (Å²) in [7, 11) is 2.05. The Hall–Kier alpha value is -1.00. The number of carbonyl (C=O) groups is 1. The molecule has 1 aromatic rings. The largest absolute Gasteiger partial charge is 0.347 e. The van der Waals surface area contributed by atoms with E-state index in [9.17, 15) is 4.79 Å². The van der Waals surface area contributed by atoms with Crippen LogP contribution in [0.4, 0.5) is 0 Å². The van der Waals surface area contributed by atoms with Crippen LogP contribution in [0.25, 0.3) is 0 Å². The summed E-state index contributed by atoms with van der Waals surface area (Å²) in [5.41, 5.74) is 2.74. The lowest BCUT2D eigenvalue weighted by molar-refractivity contribution is -0.626. The van der Waals surface area contributed by atoms with Gasteiger partial charge in [-0.15, -0.1) is 11.8 Å². The average Bonchev–Trinajstić information content (AvgIpc) is 2.72. The lowest BCUT2D eigenvalue weighted by Crippen LogP contribution is -2.81. The number of nitrogens with two attached hydrogens (primary N) is 1. The number of likely N-dealkylation sites (N-methyl/N-ethyl adjacent to an activating group) is 1. The number of hydrogen-bond acceptors (Lipinski definition) is 2. The number of carbonyl (C=O) groups excluding carboxylic acids is 1. The van der Waals surface area contributed by atoms with Crippen molar-refractivity contribution in [2.24, 2.45) is 0 Å². The highest BCUT2D eigenvalue weighted by Gasteiger charge is 2.38. The van der Waals surface area contributed by atoms with Gasteiger partial charge in [-0.1, -0.05) is 45.0 Å². The van der Waals surface area contributed by atoms with Gasteiger partial charge in [-0.3, -0.25) is 4.79 Å². The first-order chi connectivity index (χ1) is 9.84. The van der Waals surface area contributed by atoms with Crippen molar-refractivity contribution in [1.82, 2.24) is 4.90 Å². The summed E-state index contributed by atoms with van der Waals surface area (Å²) in [5, 5.41) is 2.36. The van der Waals surface area contributed by atoms with E-state index in [4.69, 9.17) is 0 Å². The van der Waals surface area contributed by atoms with Gasteiger partial charge >= 0.3 is 0 Å². The maximum absolute atomic E-state index is 12.3. The molecule has 0 aliphatic carbocycles.